The fraction of sp³-hybridized carbons (Fsp3) is 0.500. The molecule has 39 heavy (non-hydrogen) atoms. The molecule has 0 aromatic heterocycles. The number of likely N-dealkylation sites (tertiary alicyclic amines) is 1. The molecule has 2 amide bonds. The lowest BCUT2D eigenvalue weighted by molar-refractivity contribution is -0.131. The first-order valence-corrected chi connectivity index (χ1v) is 13.9. The second-order valence-electron chi connectivity index (χ2n) is 12.4. The first-order valence-electron chi connectivity index (χ1n) is 13.9. The van der Waals surface area contributed by atoms with Crippen molar-refractivity contribution in [3.63, 3.8) is 0 Å². The molecule has 2 aromatic carbocycles. The number of nitriles is 1. The number of benzene rings is 2. The summed E-state index contributed by atoms with van der Waals surface area (Å²) in [5, 5.41) is 9.96. The lowest BCUT2D eigenvalue weighted by Crippen LogP contribution is -2.54. The predicted molar refractivity (Wildman–Crippen MR) is 149 cm³/mol. The van der Waals surface area contributed by atoms with Crippen molar-refractivity contribution in [1.29, 1.82) is 5.26 Å². The van der Waals surface area contributed by atoms with Gasteiger partial charge in [0.1, 0.15) is 11.1 Å². The van der Waals surface area contributed by atoms with E-state index in [1.54, 1.807) is 16.8 Å². The van der Waals surface area contributed by atoms with Crippen molar-refractivity contribution in [2.45, 2.75) is 76.9 Å². The Bertz CT molecular complexity index is 1340. The number of Topliss-reactive ketones (excluding diaryl/α,β-unsaturated/α-hetero) is 1. The number of fused-ring (bicyclic) bond motifs is 3. The average molecular weight is 528 g/mol. The summed E-state index contributed by atoms with van der Waals surface area (Å²) < 4.78 is 5.67. The number of ether oxygens (including phenoxy) is 1. The second-order valence-corrected chi connectivity index (χ2v) is 12.4. The highest BCUT2D eigenvalue weighted by Gasteiger charge is 2.55. The van der Waals surface area contributed by atoms with Gasteiger partial charge in [0.15, 0.2) is 5.78 Å². The van der Waals surface area contributed by atoms with Crippen LogP contribution in [0.1, 0.15) is 64.0 Å². The van der Waals surface area contributed by atoms with Crippen LogP contribution in [0, 0.1) is 23.2 Å². The van der Waals surface area contributed by atoms with Crippen LogP contribution in [0.2, 0.25) is 0 Å². The number of ketones is 1. The Hall–Kier alpha value is -3.66. The molecular weight excluding hydrogens is 490 g/mol. The van der Waals surface area contributed by atoms with Crippen molar-refractivity contribution in [1.82, 2.24) is 4.90 Å². The van der Waals surface area contributed by atoms with Gasteiger partial charge >= 0.3 is 6.09 Å². The van der Waals surface area contributed by atoms with Crippen LogP contribution in [-0.2, 0) is 27.2 Å². The Morgan fingerprint density at radius 2 is 1.87 bits per heavy atom. The lowest BCUT2D eigenvalue weighted by atomic mass is 9.75. The number of nitrogens with zero attached hydrogens (tertiary/aromatic N) is 3. The molecule has 2 aromatic rings. The topological polar surface area (TPSA) is 90.7 Å². The summed E-state index contributed by atoms with van der Waals surface area (Å²) >= 11 is 0. The SMILES string of the molecule is CN1C(=O)Cc2ccc(-c3ccc(C[C@@H](C#N)CC(=O)[C@]45CCC[C@@H](CN4C(=O)OC(C)(C)C)C5)cc3)cc21. The predicted octanol–water partition coefficient (Wildman–Crippen LogP) is 5.69. The summed E-state index contributed by atoms with van der Waals surface area (Å²) in [6.45, 7) is 6.05. The highest BCUT2D eigenvalue weighted by Crippen LogP contribution is 2.46. The molecule has 1 saturated carbocycles. The smallest absolute Gasteiger partial charge is 0.411 e. The molecule has 3 aliphatic rings. The van der Waals surface area contributed by atoms with Gasteiger partial charge in [-0.05, 0) is 80.7 Å². The molecule has 2 bridgehead atoms. The first-order chi connectivity index (χ1) is 18.5. The lowest BCUT2D eigenvalue weighted by Gasteiger charge is -2.39. The van der Waals surface area contributed by atoms with E-state index in [4.69, 9.17) is 4.74 Å². The van der Waals surface area contributed by atoms with Crippen molar-refractivity contribution in [2.24, 2.45) is 11.8 Å². The van der Waals surface area contributed by atoms with E-state index in [0.29, 0.717) is 38.1 Å². The fourth-order valence-electron chi connectivity index (χ4n) is 6.48. The molecule has 0 N–H and O–H groups in total. The van der Waals surface area contributed by atoms with Gasteiger partial charge in [-0.25, -0.2) is 4.79 Å². The van der Waals surface area contributed by atoms with Crippen molar-refractivity contribution in [3.8, 4) is 17.2 Å². The van der Waals surface area contributed by atoms with E-state index < -0.39 is 23.2 Å². The number of anilines is 1. The van der Waals surface area contributed by atoms with Crippen molar-refractivity contribution in [3.05, 3.63) is 53.6 Å². The molecule has 1 saturated heterocycles. The molecule has 0 unspecified atom stereocenters. The minimum Gasteiger partial charge on any atom is -0.444 e. The van der Waals surface area contributed by atoms with Gasteiger partial charge in [0.2, 0.25) is 5.91 Å². The number of amides is 2. The van der Waals surface area contributed by atoms with Crippen LogP contribution >= 0.6 is 0 Å². The molecule has 3 atom stereocenters. The van der Waals surface area contributed by atoms with Gasteiger partial charge in [0, 0.05) is 25.7 Å². The van der Waals surface area contributed by atoms with E-state index in [1.807, 2.05) is 63.2 Å². The minimum atomic E-state index is -0.855. The second kappa shape index (κ2) is 10.1. The maximum Gasteiger partial charge on any atom is 0.411 e. The molecule has 7 heteroatoms. The minimum absolute atomic E-state index is 0.0180. The van der Waals surface area contributed by atoms with Crippen LogP contribution in [0.25, 0.3) is 11.1 Å². The molecule has 2 aliphatic heterocycles. The number of hydrogen-bond donors (Lipinski definition) is 0. The Morgan fingerprint density at radius 1 is 1.15 bits per heavy atom. The number of carbonyl (C=O) groups excluding carboxylic acids is 3. The summed E-state index contributed by atoms with van der Waals surface area (Å²) in [6, 6.07) is 16.5. The monoisotopic (exact) mass is 527 g/mol. The maximum absolute atomic E-state index is 13.8. The zero-order valence-corrected chi connectivity index (χ0v) is 23.3. The molecule has 1 aliphatic carbocycles. The Kier molecular flexibility index (Phi) is 7.00. The van der Waals surface area contributed by atoms with E-state index in [2.05, 4.69) is 6.07 Å². The summed E-state index contributed by atoms with van der Waals surface area (Å²) in [5.74, 6) is -0.0838. The Labute approximate surface area is 230 Å². The zero-order chi connectivity index (χ0) is 27.9. The highest BCUT2D eigenvalue weighted by atomic mass is 16.6. The van der Waals surface area contributed by atoms with Crippen LogP contribution in [0.3, 0.4) is 0 Å². The molecule has 2 heterocycles. The molecule has 0 radical (unpaired) electrons. The van der Waals surface area contributed by atoms with E-state index >= 15 is 0 Å². The number of likely N-dealkylation sites (N-methyl/N-ethyl adjacent to an activating group) is 1. The number of hydrogen-bond acceptors (Lipinski definition) is 5. The molecule has 0 spiro atoms. The van der Waals surface area contributed by atoms with E-state index in [-0.39, 0.29) is 18.1 Å². The van der Waals surface area contributed by atoms with Gasteiger partial charge < -0.3 is 9.64 Å². The Balaban J connectivity index is 1.28. The third-order valence-electron chi connectivity index (χ3n) is 8.47. The van der Waals surface area contributed by atoms with E-state index in [0.717, 1.165) is 40.8 Å². The van der Waals surface area contributed by atoms with Crippen LogP contribution < -0.4 is 4.90 Å². The summed E-state index contributed by atoms with van der Waals surface area (Å²) in [4.78, 5) is 42.2. The van der Waals surface area contributed by atoms with Crippen molar-refractivity contribution < 1.29 is 19.1 Å². The largest absolute Gasteiger partial charge is 0.444 e. The normalized spacial score (nSPS) is 22.8. The van der Waals surface area contributed by atoms with Gasteiger partial charge in [-0.2, -0.15) is 5.26 Å². The van der Waals surface area contributed by atoms with Gasteiger partial charge in [0.25, 0.3) is 0 Å². The first kappa shape index (κ1) is 26.9. The van der Waals surface area contributed by atoms with E-state index in [9.17, 15) is 19.6 Å². The van der Waals surface area contributed by atoms with Crippen molar-refractivity contribution >= 4 is 23.5 Å². The maximum atomic E-state index is 13.8. The highest BCUT2D eigenvalue weighted by molar-refractivity contribution is 6.01. The van der Waals surface area contributed by atoms with E-state index in [1.165, 1.54) is 0 Å². The van der Waals surface area contributed by atoms with Gasteiger partial charge in [-0.1, -0.05) is 42.8 Å². The van der Waals surface area contributed by atoms with Crippen LogP contribution in [0.4, 0.5) is 10.5 Å². The fourth-order valence-corrected chi connectivity index (χ4v) is 6.48. The quantitative estimate of drug-likeness (QED) is 0.481. The summed E-state index contributed by atoms with van der Waals surface area (Å²) in [7, 11) is 1.80. The van der Waals surface area contributed by atoms with Crippen LogP contribution in [0.5, 0.6) is 0 Å². The molecule has 204 valence electrons. The van der Waals surface area contributed by atoms with Gasteiger partial charge in [-0.15, -0.1) is 0 Å². The number of carbonyl (C=O) groups is 3. The zero-order valence-electron chi connectivity index (χ0n) is 23.3. The molecule has 5 rings (SSSR count). The molecule has 7 nitrogen and oxygen atoms in total. The average Bonchev–Trinajstić information content (AvgIpc) is 3.34. The Morgan fingerprint density at radius 3 is 2.56 bits per heavy atom. The van der Waals surface area contributed by atoms with Crippen LogP contribution in [-0.4, -0.2) is 47.4 Å². The van der Waals surface area contributed by atoms with Gasteiger partial charge in [-0.3, -0.25) is 14.5 Å². The summed E-state index contributed by atoms with van der Waals surface area (Å²) in [6.07, 6.45) is 3.82. The third kappa shape index (κ3) is 5.30. The third-order valence-corrected chi connectivity index (χ3v) is 8.47. The van der Waals surface area contributed by atoms with Crippen molar-refractivity contribution in [2.75, 3.05) is 18.5 Å². The molecular formula is C32H37N3O4. The van der Waals surface area contributed by atoms with Gasteiger partial charge in [0.05, 0.1) is 18.4 Å². The standard InChI is InChI=1S/C32H37N3O4/c1-31(2,3)39-30(38)35-20-22-6-5-13-32(35,18-22)28(36)15-23(19-33)14-21-7-9-24(10-8-21)25-11-12-26-17-29(37)34(4)27(26)16-25/h7-12,16,22-23H,5-6,13-15,17-18,20H2,1-4H3/t22-,23-,32-/m1/s1. The molecule has 2 fully saturated rings. The summed E-state index contributed by atoms with van der Waals surface area (Å²) in [5.41, 5.74) is 3.55. The van der Waals surface area contributed by atoms with Crippen LogP contribution in [0.15, 0.2) is 42.5 Å². The number of rotatable bonds is 6.